The quantitative estimate of drug-likeness (QED) is 0.871. The SMILES string of the molecule is CC1CCCC(NC(=O)CCc2ccccn2)(C(=O)O)C1. The second-order valence-corrected chi connectivity index (χ2v) is 5.96. The maximum Gasteiger partial charge on any atom is 0.329 e. The summed E-state index contributed by atoms with van der Waals surface area (Å²) in [7, 11) is 0. The van der Waals surface area contributed by atoms with Crippen LogP contribution in [0.1, 0.15) is 44.7 Å². The monoisotopic (exact) mass is 290 g/mol. The van der Waals surface area contributed by atoms with Gasteiger partial charge in [0.15, 0.2) is 0 Å². The number of carbonyl (C=O) groups is 2. The first-order chi connectivity index (χ1) is 10.0. The summed E-state index contributed by atoms with van der Waals surface area (Å²) in [4.78, 5) is 27.9. The molecule has 2 atom stereocenters. The van der Waals surface area contributed by atoms with Gasteiger partial charge < -0.3 is 10.4 Å². The standard InChI is InChI=1S/C16H22N2O3/c1-12-5-4-9-16(11-12,15(20)21)18-14(19)8-7-13-6-2-3-10-17-13/h2-3,6,10,12H,4-5,7-9,11H2,1H3,(H,18,19)(H,20,21). The Labute approximate surface area is 124 Å². The van der Waals surface area contributed by atoms with E-state index in [4.69, 9.17) is 0 Å². The smallest absolute Gasteiger partial charge is 0.329 e. The molecule has 0 spiro atoms. The second-order valence-electron chi connectivity index (χ2n) is 5.96. The largest absolute Gasteiger partial charge is 0.480 e. The summed E-state index contributed by atoms with van der Waals surface area (Å²) >= 11 is 0. The molecule has 1 aliphatic carbocycles. The Balaban J connectivity index is 1.94. The van der Waals surface area contributed by atoms with Crippen molar-refractivity contribution in [1.82, 2.24) is 10.3 Å². The van der Waals surface area contributed by atoms with Crippen molar-refractivity contribution in [2.24, 2.45) is 5.92 Å². The van der Waals surface area contributed by atoms with Crippen LogP contribution in [0.15, 0.2) is 24.4 Å². The lowest BCUT2D eigenvalue weighted by molar-refractivity contribution is -0.150. The van der Waals surface area contributed by atoms with Crippen molar-refractivity contribution in [3.05, 3.63) is 30.1 Å². The minimum absolute atomic E-state index is 0.211. The lowest BCUT2D eigenvalue weighted by atomic mass is 9.76. The number of aliphatic carboxylic acids is 1. The van der Waals surface area contributed by atoms with Crippen molar-refractivity contribution in [3.8, 4) is 0 Å². The van der Waals surface area contributed by atoms with Gasteiger partial charge in [0, 0.05) is 18.3 Å². The van der Waals surface area contributed by atoms with Crippen LogP contribution < -0.4 is 5.32 Å². The highest BCUT2D eigenvalue weighted by molar-refractivity contribution is 5.87. The molecule has 1 fully saturated rings. The van der Waals surface area contributed by atoms with E-state index in [1.165, 1.54) is 0 Å². The number of carboxylic acid groups (broad SMARTS) is 1. The molecule has 1 aromatic rings. The van der Waals surface area contributed by atoms with Gasteiger partial charge in [0.25, 0.3) is 0 Å². The highest BCUT2D eigenvalue weighted by atomic mass is 16.4. The normalized spacial score (nSPS) is 25.3. The lowest BCUT2D eigenvalue weighted by Gasteiger charge is -2.37. The van der Waals surface area contributed by atoms with Crippen LogP contribution in [0.25, 0.3) is 0 Å². The van der Waals surface area contributed by atoms with Gasteiger partial charge in [-0.1, -0.05) is 25.8 Å². The molecule has 0 radical (unpaired) electrons. The molecular formula is C16H22N2O3. The van der Waals surface area contributed by atoms with Crippen molar-refractivity contribution in [2.75, 3.05) is 0 Å². The molecule has 1 aliphatic rings. The zero-order chi connectivity index (χ0) is 15.3. The van der Waals surface area contributed by atoms with Crippen LogP contribution in [0, 0.1) is 5.92 Å². The number of rotatable bonds is 5. The predicted octanol–water partition coefficient (Wildman–Crippen LogP) is 2.16. The number of carboxylic acids is 1. The molecule has 21 heavy (non-hydrogen) atoms. The molecule has 0 saturated heterocycles. The number of nitrogens with zero attached hydrogens (tertiary/aromatic N) is 1. The van der Waals surface area contributed by atoms with Crippen LogP contribution in [0.4, 0.5) is 0 Å². The summed E-state index contributed by atoms with van der Waals surface area (Å²) in [6.45, 7) is 2.04. The molecule has 2 rings (SSSR count). The van der Waals surface area contributed by atoms with Gasteiger partial charge in [-0.05, 0) is 37.3 Å². The molecule has 2 unspecified atom stereocenters. The lowest BCUT2D eigenvalue weighted by Crippen LogP contribution is -2.56. The molecule has 5 heteroatoms. The molecule has 1 aromatic heterocycles. The topological polar surface area (TPSA) is 79.3 Å². The number of hydrogen-bond donors (Lipinski definition) is 2. The van der Waals surface area contributed by atoms with E-state index < -0.39 is 11.5 Å². The van der Waals surface area contributed by atoms with Crippen molar-refractivity contribution < 1.29 is 14.7 Å². The summed E-state index contributed by atoms with van der Waals surface area (Å²) in [5, 5.41) is 12.3. The maximum atomic E-state index is 12.1. The third kappa shape index (κ3) is 4.03. The first-order valence-corrected chi connectivity index (χ1v) is 7.46. The predicted molar refractivity (Wildman–Crippen MR) is 78.7 cm³/mol. The first-order valence-electron chi connectivity index (χ1n) is 7.46. The fourth-order valence-electron chi connectivity index (χ4n) is 3.03. The average molecular weight is 290 g/mol. The number of nitrogens with one attached hydrogen (secondary N) is 1. The first kappa shape index (κ1) is 15.5. The van der Waals surface area contributed by atoms with E-state index in [0.29, 0.717) is 25.2 Å². The number of aryl methyl sites for hydroxylation is 1. The molecule has 1 amide bonds. The number of hydrogen-bond acceptors (Lipinski definition) is 3. The van der Waals surface area contributed by atoms with Gasteiger partial charge in [-0.2, -0.15) is 0 Å². The summed E-state index contributed by atoms with van der Waals surface area (Å²) < 4.78 is 0. The minimum Gasteiger partial charge on any atom is -0.480 e. The minimum atomic E-state index is -1.08. The fourth-order valence-corrected chi connectivity index (χ4v) is 3.03. The molecule has 0 aliphatic heterocycles. The van der Waals surface area contributed by atoms with E-state index >= 15 is 0 Å². The second kappa shape index (κ2) is 6.70. The van der Waals surface area contributed by atoms with E-state index in [2.05, 4.69) is 10.3 Å². The van der Waals surface area contributed by atoms with E-state index in [-0.39, 0.29) is 12.3 Å². The van der Waals surface area contributed by atoms with Crippen molar-refractivity contribution in [1.29, 1.82) is 0 Å². The van der Waals surface area contributed by atoms with E-state index in [1.54, 1.807) is 6.20 Å². The zero-order valence-corrected chi connectivity index (χ0v) is 12.3. The number of aromatic nitrogens is 1. The molecule has 1 saturated carbocycles. The average Bonchev–Trinajstić information content (AvgIpc) is 2.46. The van der Waals surface area contributed by atoms with Gasteiger partial charge in [0.2, 0.25) is 5.91 Å². The summed E-state index contributed by atoms with van der Waals surface area (Å²) in [5.74, 6) is -0.802. The third-order valence-corrected chi connectivity index (χ3v) is 4.12. The number of pyridine rings is 1. The maximum absolute atomic E-state index is 12.1. The van der Waals surface area contributed by atoms with Crippen LogP contribution in [0.5, 0.6) is 0 Å². The molecule has 1 heterocycles. The summed E-state index contributed by atoms with van der Waals surface area (Å²) in [5.41, 5.74) is -0.243. The van der Waals surface area contributed by atoms with Gasteiger partial charge in [-0.25, -0.2) is 4.79 Å². The Morgan fingerprint density at radius 3 is 2.90 bits per heavy atom. The van der Waals surface area contributed by atoms with Crippen molar-refractivity contribution in [3.63, 3.8) is 0 Å². The third-order valence-electron chi connectivity index (χ3n) is 4.12. The molecule has 114 valence electrons. The van der Waals surface area contributed by atoms with Crippen molar-refractivity contribution >= 4 is 11.9 Å². The molecule has 0 bridgehead atoms. The number of amides is 1. The Bertz CT molecular complexity index is 504. The van der Waals surface area contributed by atoms with Crippen LogP contribution in [-0.2, 0) is 16.0 Å². The van der Waals surface area contributed by atoms with E-state index in [1.807, 2.05) is 25.1 Å². The van der Waals surface area contributed by atoms with E-state index in [0.717, 1.165) is 18.5 Å². The summed E-state index contributed by atoms with van der Waals surface area (Å²) in [6, 6.07) is 5.57. The van der Waals surface area contributed by atoms with Crippen LogP contribution in [0.3, 0.4) is 0 Å². The van der Waals surface area contributed by atoms with Gasteiger partial charge in [-0.3, -0.25) is 9.78 Å². The van der Waals surface area contributed by atoms with Crippen LogP contribution in [0.2, 0.25) is 0 Å². The Morgan fingerprint density at radius 1 is 1.48 bits per heavy atom. The van der Waals surface area contributed by atoms with Gasteiger partial charge in [0.1, 0.15) is 5.54 Å². The molecule has 0 aromatic carbocycles. The van der Waals surface area contributed by atoms with Gasteiger partial charge >= 0.3 is 5.97 Å². The van der Waals surface area contributed by atoms with Gasteiger partial charge in [-0.15, -0.1) is 0 Å². The summed E-state index contributed by atoms with van der Waals surface area (Å²) in [6.07, 6.45) is 5.37. The highest BCUT2D eigenvalue weighted by Gasteiger charge is 2.42. The fraction of sp³-hybridized carbons (Fsp3) is 0.562. The van der Waals surface area contributed by atoms with Crippen molar-refractivity contribution in [2.45, 2.75) is 51.0 Å². The van der Waals surface area contributed by atoms with Crippen LogP contribution >= 0.6 is 0 Å². The Hall–Kier alpha value is -1.91. The Morgan fingerprint density at radius 2 is 2.29 bits per heavy atom. The van der Waals surface area contributed by atoms with Crippen LogP contribution in [-0.4, -0.2) is 27.5 Å². The van der Waals surface area contributed by atoms with Gasteiger partial charge in [0.05, 0.1) is 0 Å². The number of carbonyl (C=O) groups excluding carboxylic acids is 1. The highest BCUT2D eigenvalue weighted by Crippen LogP contribution is 2.32. The van der Waals surface area contributed by atoms with E-state index in [9.17, 15) is 14.7 Å². The molecule has 2 N–H and O–H groups in total. The molecular weight excluding hydrogens is 268 g/mol. The zero-order valence-electron chi connectivity index (χ0n) is 12.3. The molecule has 5 nitrogen and oxygen atoms in total. The Kier molecular flexibility index (Phi) is 4.94.